The molecule has 108 valence electrons. The zero-order valence-corrected chi connectivity index (χ0v) is 11.5. The average Bonchev–Trinajstić information content (AvgIpc) is 2.39. The van der Waals surface area contributed by atoms with E-state index in [2.05, 4.69) is 29.2 Å². The van der Waals surface area contributed by atoms with Crippen LogP contribution in [0.4, 0.5) is 0 Å². The van der Waals surface area contributed by atoms with E-state index in [1.165, 1.54) is 14.0 Å². The van der Waals surface area contributed by atoms with Gasteiger partial charge in [0.15, 0.2) is 0 Å². The summed E-state index contributed by atoms with van der Waals surface area (Å²) in [5.41, 5.74) is 0.176. The van der Waals surface area contributed by atoms with Crippen molar-refractivity contribution in [1.29, 1.82) is 0 Å². The van der Waals surface area contributed by atoms with Gasteiger partial charge < -0.3 is 14.6 Å². The molecule has 0 aliphatic heterocycles. The third-order valence-electron chi connectivity index (χ3n) is 1.19. The summed E-state index contributed by atoms with van der Waals surface area (Å²) in [5, 5.41) is 7.89. The molecule has 0 aromatic rings. The second kappa shape index (κ2) is 15.6. The van der Waals surface area contributed by atoms with Crippen molar-refractivity contribution in [3.63, 3.8) is 0 Å². The molecule has 0 aromatic carbocycles. The third kappa shape index (κ3) is 25.7. The molecular weight excluding hydrogens is 252 g/mol. The Hall–Kier alpha value is -2.37. The van der Waals surface area contributed by atoms with Crippen molar-refractivity contribution in [1.82, 2.24) is 0 Å². The first-order valence-electron chi connectivity index (χ1n) is 5.15. The van der Waals surface area contributed by atoms with E-state index in [0.717, 1.165) is 12.2 Å². The van der Waals surface area contributed by atoms with E-state index in [0.29, 0.717) is 6.61 Å². The van der Waals surface area contributed by atoms with Crippen LogP contribution in [-0.2, 0) is 23.9 Å². The molecule has 0 saturated heterocycles. The van der Waals surface area contributed by atoms with Crippen molar-refractivity contribution in [2.75, 3.05) is 13.7 Å². The molecule has 0 amide bonds. The van der Waals surface area contributed by atoms with Crippen molar-refractivity contribution in [2.45, 2.75) is 13.8 Å². The lowest BCUT2D eigenvalue weighted by Gasteiger charge is -1.90. The zero-order chi connectivity index (χ0) is 15.8. The maximum atomic E-state index is 10.1. The Labute approximate surface area is 113 Å². The van der Waals surface area contributed by atoms with Crippen LogP contribution in [0.3, 0.4) is 0 Å². The first-order chi connectivity index (χ1) is 8.76. The molecule has 0 fully saturated rings. The van der Waals surface area contributed by atoms with Crippen LogP contribution < -0.4 is 0 Å². The van der Waals surface area contributed by atoms with Gasteiger partial charge in [-0.3, -0.25) is 0 Å². The van der Waals surface area contributed by atoms with Gasteiger partial charge in [-0.05, 0) is 13.8 Å². The van der Waals surface area contributed by atoms with Crippen LogP contribution in [0.2, 0.25) is 0 Å². The fraction of sp³-hybridized carbons (Fsp3) is 0.308. The summed E-state index contributed by atoms with van der Waals surface area (Å²) in [6.45, 7) is 13.1. The monoisotopic (exact) mass is 272 g/mol. The SMILES string of the molecule is C=C(C)C(=O)O.C=CC(=O)OC.C=CC(=O)OCC. The predicted octanol–water partition coefficient (Wildman–Crippen LogP) is 1.73. The van der Waals surface area contributed by atoms with Crippen molar-refractivity contribution in [2.24, 2.45) is 0 Å². The minimum absolute atomic E-state index is 0.176. The maximum Gasteiger partial charge on any atom is 0.330 e. The number of carboxylic acid groups (broad SMARTS) is 1. The fourth-order valence-electron chi connectivity index (χ4n) is 0.285. The zero-order valence-electron chi connectivity index (χ0n) is 11.5. The molecule has 6 nitrogen and oxygen atoms in total. The minimum atomic E-state index is -0.935. The Morgan fingerprint density at radius 1 is 1.16 bits per heavy atom. The molecule has 0 atom stereocenters. The smallest absolute Gasteiger partial charge is 0.330 e. The molecule has 0 radical (unpaired) electrons. The van der Waals surface area contributed by atoms with Gasteiger partial charge in [0.25, 0.3) is 0 Å². The number of carboxylic acids is 1. The van der Waals surface area contributed by atoms with Gasteiger partial charge in [0.05, 0.1) is 13.7 Å². The molecule has 0 saturated carbocycles. The van der Waals surface area contributed by atoms with Crippen molar-refractivity contribution in [3.8, 4) is 0 Å². The van der Waals surface area contributed by atoms with Gasteiger partial charge in [-0.15, -0.1) is 0 Å². The molecule has 0 bridgehead atoms. The van der Waals surface area contributed by atoms with E-state index in [4.69, 9.17) is 5.11 Å². The minimum Gasteiger partial charge on any atom is -0.478 e. The van der Waals surface area contributed by atoms with E-state index < -0.39 is 11.9 Å². The first-order valence-corrected chi connectivity index (χ1v) is 5.15. The molecule has 19 heavy (non-hydrogen) atoms. The first kappa shape index (κ1) is 21.9. The van der Waals surface area contributed by atoms with E-state index in [-0.39, 0.29) is 11.5 Å². The van der Waals surface area contributed by atoms with E-state index in [1.54, 1.807) is 6.92 Å². The van der Waals surface area contributed by atoms with Gasteiger partial charge >= 0.3 is 17.9 Å². The molecule has 0 aliphatic carbocycles. The summed E-state index contributed by atoms with van der Waals surface area (Å²) in [6.07, 6.45) is 2.25. The highest BCUT2D eigenvalue weighted by atomic mass is 16.5. The summed E-state index contributed by atoms with van der Waals surface area (Å²) in [5.74, 6) is -1.69. The highest BCUT2D eigenvalue weighted by molar-refractivity contribution is 5.84. The molecule has 0 rings (SSSR count). The molecule has 0 spiro atoms. The molecule has 0 unspecified atom stereocenters. The van der Waals surface area contributed by atoms with E-state index in [9.17, 15) is 14.4 Å². The van der Waals surface area contributed by atoms with Crippen LogP contribution in [0, 0.1) is 0 Å². The number of carbonyl (C=O) groups is 3. The number of rotatable bonds is 4. The fourth-order valence-corrected chi connectivity index (χ4v) is 0.285. The van der Waals surface area contributed by atoms with Crippen molar-refractivity contribution in [3.05, 3.63) is 37.5 Å². The van der Waals surface area contributed by atoms with Crippen LogP contribution in [0.1, 0.15) is 13.8 Å². The van der Waals surface area contributed by atoms with Gasteiger partial charge in [-0.2, -0.15) is 0 Å². The topological polar surface area (TPSA) is 89.9 Å². The van der Waals surface area contributed by atoms with Crippen LogP contribution in [0.15, 0.2) is 37.5 Å². The van der Waals surface area contributed by atoms with Gasteiger partial charge in [-0.1, -0.05) is 19.7 Å². The molecule has 0 aromatic heterocycles. The predicted molar refractivity (Wildman–Crippen MR) is 71.5 cm³/mol. The molecule has 0 heterocycles. The lowest BCUT2D eigenvalue weighted by Crippen LogP contribution is -1.97. The number of hydrogen-bond acceptors (Lipinski definition) is 5. The number of aliphatic carboxylic acids is 1. The Balaban J connectivity index is -0.000000203. The van der Waals surface area contributed by atoms with Gasteiger partial charge in [0.2, 0.25) is 0 Å². The summed E-state index contributed by atoms with van der Waals surface area (Å²) in [7, 11) is 1.31. The number of ether oxygens (including phenoxy) is 2. The van der Waals surface area contributed by atoms with E-state index in [1.807, 2.05) is 0 Å². The van der Waals surface area contributed by atoms with Gasteiger partial charge in [0.1, 0.15) is 0 Å². The molecule has 1 N–H and O–H groups in total. The van der Waals surface area contributed by atoms with Crippen molar-refractivity contribution >= 4 is 17.9 Å². The Morgan fingerprint density at radius 2 is 1.53 bits per heavy atom. The van der Waals surface area contributed by atoms with Gasteiger partial charge in [-0.25, -0.2) is 14.4 Å². The summed E-state index contributed by atoms with van der Waals surface area (Å²) >= 11 is 0. The largest absolute Gasteiger partial charge is 0.478 e. The average molecular weight is 272 g/mol. The Kier molecular flexibility index (Phi) is 18.0. The standard InChI is InChI=1S/C5H8O2.2C4H6O2/c1-3-5(6)7-4-2;1-3-4(5)6-2;1-3(2)4(5)6/h3H,1,4H2,2H3;3H,1H2,2H3;1H2,2H3,(H,5,6). The lowest BCUT2D eigenvalue weighted by atomic mass is 10.4. The second-order valence-electron chi connectivity index (χ2n) is 2.77. The van der Waals surface area contributed by atoms with Crippen LogP contribution in [0.5, 0.6) is 0 Å². The van der Waals surface area contributed by atoms with Crippen LogP contribution in [0.25, 0.3) is 0 Å². The molecular formula is C13H20O6. The van der Waals surface area contributed by atoms with Crippen LogP contribution >= 0.6 is 0 Å². The second-order valence-corrected chi connectivity index (χ2v) is 2.77. The summed E-state index contributed by atoms with van der Waals surface area (Å²) in [4.78, 5) is 29.5. The Morgan fingerprint density at radius 3 is 1.58 bits per heavy atom. The number of carbonyl (C=O) groups excluding carboxylic acids is 2. The summed E-state index contributed by atoms with van der Waals surface area (Å²) < 4.78 is 8.58. The van der Waals surface area contributed by atoms with E-state index >= 15 is 0 Å². The maximum absolute atomic E-state index is 10.1. The number of esters is 2. The van der Waals surface area contributed by atoms with Crippen molar-refractivity contribution < 1.29 is 29.0 Å². The summed E-state index contributed by atoms with van der Waals surface area (Å²) in [6, 6.07) is 0. The number of methoxy groups -OCH3 is 1. The quantitative estimate of drug-likeness (QED) is 0.619. The lowest BCUT2D eigenvalue weighted by molar-refractivity contribution is -0.137. The highest BCUT2D eigenvalue weighted by Gasteiger charge is 1.90. The highest BCUT2D eigenvalue weighted by Crippen LogP contribution is 1.81. The Bertz CT molecular complexity index is 315. The molecule has 6 heteroatoms. The van der Waals surface area contributed by atoms with Crippen LogP contribution in [-0.4, -0.2) is 36.7 Å². The normalized spacial score (nSPS) is 7.32. The van der Waals surface area contributed by atoms with Gasteiger partial charge in [0, 0.05) is 17.7 Å². The third-order valence-corrected chi connectivity index (χ3v) is 1.19. The molecule has 0 aliphatic rings. The number of hydrogen-bond donors (Lipinski definition) is 1.